The molecule has 124 valence electrons. The summed E-state index contributed by atoms with van der Waals surface area (Å²) < 4.78 is 37.9. The number of hydrogen-bond acceptors (Lipinski definition) is 6. The molecule has 0 spiro atoms. The SMILES string of the molecule is CN1C[C@H](Nc2cccc(C(F)(F)F)n2)[C@@H](O)[C@@H](O)[C@H]1CO. The summed E-state index contributed by atoms with van der Waals surface area (Å²) in [6.45, 7) is -0.0926. The number of nitrogens with zero attached hydrogens (tertiary/aromatic N) is 2. The molecule has 1 aromatic heterocycles. The monoisotopic (exact) mass is 321 g/mol. The van der Waals surface area contributed by atoms with Crippen molar-refractivity contribution < 1.29 is 28.5 Å². The molecular weight excluding hydrogens is 303 g/mol. The molecule has 2 heterocycles. The van der Waals surface area contributed by atoms with Crippen molar-refractivity contribution in [3.63, 3.8) is 0 Å². The van der Waals surface area contributed by atoms with Crippen LogP contribution in [0.4, 0.5) is 19.0 Å². The Kier molecular flexibility index (Phi) is 4.90. The second-order valence-electron chi connectivity index (χ2n) is 5.33. The Balaban J connectivity index is 2.14. The van der Waals surface area contributed by atoms with Crippen LogP contribution in [0.3, 0.4) is 0 Å². The number of aromatic nitrogens is 1. The van der Waals surface area contributed by atoms with Crippen molar-refractivity contribution in [1.29, 1.82) is 0 Å². The first-order valence-electron chi connectivity index (χ1n) is 6.72. The first-order valence-corrected chi connectivity index (χ1v) is 6.72. The number of nitrogens with one attached hydrogen (secondary N) is 1. The predicted molar refractivity (Wildman–Crippen MR) is 72.2 cm³/mol. The van der Waals surface area contributed by atoms with Gasteiger partial charge in [0.05, 0.1) is 24.8 Å². The maximum atomic E-state index is 12.6. The molecule has 0 amide bonds. The Bertz CT molecular complexity index is 515. The van der Waals surface area contributed by atoms with E-state index in [0.29, 0.717) is 0 Å². The van der Waals surface area contributed by atoms with Crippen LogP contribution in [0.5, 0.6) is 0 Å². The fourth-order valence-corrected chi connectivity index (χ4v) is 2.52. The van der Waals surface area contributed by atoms with Crippen LogP contribution in [-0.4, -0.2) is 69.7 Å². The Hall–Kier alpha value is -1.42. The summed E-state index contributed by atoms with van der Waals surface area (Å²) in [6, 6.07) is 2.09. The first kappa shape index (κ1) is 16.9. The molecular formula is C13H18F3N3O3. The van der Waals surface area contributed by atoms with E-state index >= 15 is 0 Å². The molecule has 4 atom stereocenters. The first-order chi connectivity index (χ1) is 10.2. The molecule has 0 saturated carbocycles. The number of aliphatic hydroxyl groups is 3. The smallest absolute Gasteiger partial charge is 0.395 e. The molecule has 0 radical (unpaired) electrons. The van der Waals surface area contributed by atoms with E-state index < -0.39 is 36.2 Å². The highest BCUT2D eigenvalue weighted by atomic mass is 19.4. The molecule has 2 rings (SSSR count). The van der Waals surface area contributed by atoms with E-state index in [1.165, 1.54) is 12.1 Å². The third-order valence-electron chi connectivity index (χ3n) is 3.77. The van der Waals surface area contributed by atoms with Gasteiger partial charge < -0.3 is 20.6 Å². The summed E-state index contributed by atoms with van der Waals surface area (Å²) in [6.07, 6.45) is -7.00. The number of pyridine rings is 1. The topological polar surface area (TPSA) is 88.9 Å². The number of likely N-dealkylation sites (N-methyl/N-ethyl adjacent to an activating group) is 1. The number of anilines is 1. The van der Waals surface area contributed by atoms with Gasteiger partial charge >= 0.3 is 6.18 Å². The van der Waals surface area contributed by atoms with E-state index in [4.69, 9.17) is 0 Å². The number of hydrogen-bond donors (Lipinski definition) is 4. The second kappa shape index (κ2) is 6.37. The minimum absolute atomic E-state index is 0.0399. The average molecular weight is 321 g/mol. The van der Waals surface area contributed by atoms with Crippen LogP contribution < -0.4 is 5.32 Å². The molecule has 1 saturated heterocycles. The highest BCUT2D eigenvalue weighted by Crippen LogP contribution is 2.28. The van der Waals surface area contributed by atoms with E-state index in [9.17, 15) is 28.5 Å². The predicted octanol–water partition coefficient (Wildman–Crippen LogP) is -0.0910. The maximum absolute atomic E-state index is 12.6. The number of alkyl halides is 3. The molecule has 1 fully saturated rings. The third kappa shape index (κ3) is 3.49. The lowest BCUT2D eigenvalue weighted by molar-refractivity contribution is -0.141. The number of piperidine rings is 1. The van der Waals surface area contributed by atoms with Crippen LogP contribution in [-0.2, 0) is 6.18 Å². The van der Waals surface area contributed by atoms with Crippen molar-refractivity contribution in [2.75, 3.05) is 25.5 Å². The fourth-order valence-electron chi connectivity index (χ4n) is 2.52. The van der Waals surface area contributed by atoms with Gasteiger partial charge in [0.1, 0.15) is 17.6 Å². The summed E-state index contributed by atoms with van der Waals surface area (Å²) in [5.74, 6) is -0.0399. The van der Waals surface area contributed by atoms with Crippen LogP contribution in [0.15, 0.2) is 18.2 Å². The number of likely N-dealkylation sites (tertiary alicyclic amines) is 1. The van der Waals surface area contributed by atoms with Gasteiger partial charge in [-0.05, 0) is 19.2 Å². The summed E-state index contributed by atoms with van der Waals surface area (Å²) in [4.78, 5) is 5.09. The quantitative estimate of drug-likeness (QED) is 0.622. The Morgan fingerprint density at radius 2 is 2.00 bits per heavy atom. The van der Waals surface area contributed by atoms with Gasteiger partial charge in [-0.15, -0.1) is 0 Å². The zero-order chi connectivity index (χ0) is 16.5. The number of halogens is 3. The van der Waals surface area contributed by atoms with Gasteiger partial charge in [-0.25, -0.2) is 4.98 Å². The molecule has 6 nitrogen and oxygen atoms in total. The molecule has 0 aromatic carbocycles. The lowest BCUT2D eigenvalue weighted by Gasteiger charge is -2.43. The van der Waals surface area contributed by atoms with Gasteiger partial charge in [0.15, 0.2) is 0 Å². The largest absolute Gasteiger partial charge is 0.433 e. The van der Waals surface area contributed by atoms with E-state index in [1.807, 2.05) is 0 Å². The van der Waals surface area contributed by atoms with Crippen molar-refractivity contribution in [3.8, 4) is 0 Å². The molecule has 0 unspecified atom stereocenters. The Morgan fingerprint density at radius 3 is 2.59 bits per heavy atom. The van der Waals surface area contributed by atoms with E-state index in [1.54, 1.807) is 11.9 Å². The van der Waals surface area contributed by atoms with Crippen molar-refractivity contribution in [2.45, 2.75) is 30.5 Å². The normalized spacial score (nSPS) is 30.3. The minimum atomic E-state index is -4.55. The number of aliphatic hydroxyl groups excluding tert-OH is 3. The van der Waals surface area contributed by atoms with Gasteiger partial charge in [0.2, 0.25) is 0 Å². The summed E-state index contributed by atoms with van der Waals surface area (Å²) >= 11 is 0. The molecule has 1 aromatic rings. The van der Waals surface area contributed by atoms with Crippen LogP contribution in [0.25, 0.3) is 0 Å². The lowest BCUT2D eigenvalue weighted by Crippen LogP contribution is -2.63. The van der Waals surface area contributed by atoms with Gasteiger partial charge in [-0.3, -0.25) is 4.90 Å². The molecule has 22 heavy (non-hydrogen) atoms. The van der Waals surface area contributed by atoms with E-state index in [0.717, 1.165) is 6.07 Å². The lowest BCUT2D eigenvalue weighted by atomic mass is 9.93. The highest BCUT2D eigenvalue weighted by molar-refractivity contribution is 5.38. The molecule has 4 N–H and O–H groups in total. The second-order valence-corrected chi connectivity index (χ2v) is 5.33. The molecule has 1 aliphatic heterocycles. The third-order valence-corrected chi connectivity index (χ3v) is 3.77. The van der Waals surface area contributed by atoms with Gasteiger partial charge in [-0.1, -0.05) is 6.07 Å². The summed E-state index contributed by atoms with van der Waals surface area (Å²) in [7, 11) is 1.64. The number of rotatable bonds is 3. The van der Waals surface area contributed by atoms with E-state index in [-0.39, 0.29) is 19.0 Å². The summed E-state index contributed by atoms with van der Waals surface area (Å²) in [5, 5.41) is 31.9. The van der Waals surface area contributed by atoms with Gasteiger partial charge in [0.25, 0.3) is 0 Å². The standard InChI is InChI=1S/C13H18F3N3O3/c1-19-5-7(11(21)12(22)8(19)6-20)17-10-4-2-3-9(18-10)13(14,15)16/h2-4,7-8,11-12,20-22H,5-6H2,1H3,(H,17,18)/t7-,8+,11+,12-/m0/s1. The highest BCUT2D eigenvalue weighted by Gasteiger charge is 2.40. The van der Waals surface area contributed by atoms with Crippen molar-refractivity contribution in [2.24, 2.45) is 0 Å². The zero-order valence-electron chi connectivity index (χ0n) is 11.8. The molecule has 1 aliphatic rings. The van der Waals surface area contributed by atoms with Crippen LogP contribution in [0.2, 0.25) is 0 Å². The maximum Gasteiger partial charge on any atom is 0.433 e. The van der Waals surface area contributed by atoms with Crippen molar-refractivity contribution >= 4 is 5.82 Å². The van der Waals surface area contributed by atoms with E-state index in [2.05, 4.69) is 10.3 Å². The fraction of sp³-hybridized carbons (Fsp3) is 0.615. The van der Waals surface area contributed by atoms with Crippen molar-refractivity contribution in [1.82, 2.24) is 9.88 Å². The molecule has 0 bridgehead atoms. The zero-order valence-corrected chi connectivity index (χ0v) is 11.8. The van der Waals surface area contributed by atoms with Crippen LogP contribution >= 0.6 is 0 Å². The van der Waals surface area contributed by atoms with Crippen molar-refractivity contribution in [3.05, 3.63) is 23.9 Å². The molecule has 0 aliphatic carbocycles. The average Bonchev–Trinajstić information content (AvgIpc) is 2.44. The van der Waals surface area contributed by atoms with Crippen LogP contribution in [0, 0.1) is 0 Å². The summed E-state index contributed by atoms with van der Waals surface area (Å²) in [5.41, 5.74) is -1.04. The molecule has 9 heteroatoms. The minimum Gasteiger partial charge on any atom is -0.395 e. The Labute approximate surface area is 125 Å². The Morgan fingerprint density at radius 1 is 1.32 bits per heavy atom. The van der Waals surface area contributed by atoms with Gasteiger partial charge in [0, 0.05) is 6.54 Å². The van der Waals surface area contributed by atoms with Gasteiger partial charge in [-0.2, -0.15) is 13.2 Å². The van der Waals surface area contributed by atoms with Crippen LogP contribution in [0.1, 0.15) is 5.69 Å².